The predicted octanol–water partition coefficient (Wildman–Crippen LogP) is 1.93. The number of benzene rings is 2. The van der Waals surface area contributed by atoms with Crippen LogP contribution in [-0.4, -0.2) is 56.6 Å². The number of pyridine rings is 1. The van der Waals surface area contributed by atoms with Gasteiger partial charge >= 0.3 is 13.3 Å². The smallest absolute Gasteiger partial charge is 0.494 e. The number of aromatic nitrogens is 1. The Morgan fingerprint density at radius 3 is 2.38 bits per heavy atom. The standard InChI is InChI=1S/C24H21BF3N3O5S/c1-13(24(26,27)28)29-12-31(30-10-17(25(35)36)21(32)22(33)20(30)23(29)34)19-15-7-3-2-6-14(15)11-37-18-9-5-4-8-16(18)19/h2-10,13,19,33,35-36H,11-12H2,1H3/t13?,19-/m0/s1. The third kappa shape index (κ3) is 4.16. The van der Waals surface area contributed by atoms with Gasteiger partial charge in [0.25, 0.3) is 5.91 Å². The molecule has 192 valence electrons. The van der Waals surface area contributed by atoms with Gasteiger partial charge in [0, 0.05) is 16.8 Å². The van der Waals surface area contributed by atoms with E-state index >= 15 is 0 Å². The van der Waals surface area contributed by atoms with E-state index in [0.717, 1.165) is 39.4 Å². The van der Waals surface area contributed by atoms with Crippen LogP contribution in [0, 0.1) is 0 Å². The molecule has 3 N–H and O–H groups in total. The Kier molecular flexibility index (Phi) is 6.25. The summed E-state index contributed by atoms with van der Waals surface area (Å²) in [6.07, 6.45) is -3.80. The lowest BCUT2D eigenvalue weighted by Gasteiger charge is -2.46. The first kappa shape index (κ1) is 25.2. The Hall–Kier alpha value is -3.42. The monoisotopic (exact) mass is 531 g/mol. The van der Waals surface area contributed by atoms with Crippen LogP contribution in [0.2, 0.25) is 0 Å². The van der Waals surface area contributed by atoms with Gasteiger partial charge in [-0.15, -0.1) is 11.8 Å². The molecule has 0 saturated heterocycles. The Labute approximate surface area is 213 Å². The van der Waals surface area contributed by atoms with Crippen LogP contribution < -0.4 is 15.9 Å². The van der Waals surface area contributed by atoms with Gasteiger partial charge < -0.3 is 20.1 Å². The van der Waals surface area contributed by atoms with Gasteiger partial charge in [0.05, 0.1) is 11.5 Å². The topological polar surface area (TPSA) is 106 Å². The van der Waals surface area contributed by atoms with Gasteiger partial charge in [-0.3, -0.25) is 19.3 Å². The van der Waals surface area contributed by atoms with Crippen LogP contribution in [0.5, 0.6) is 5.75 Å². The van der Waals surface area contributed by atoms with Crippen LogP contribution in [0.15, 0.2) is 64.4 Å². The second-order valence-electron chi connectivity index (χ2n) is 8.83. The first-order valence-corrected chi connectivity index (χ1v) is 12.3. The minimum Gasteiger partial charge on any atom is -0.503 e. The molecule has 2 aliphatic heterocycles. The fraction of sp³-hybridized carbons (Fsp3) is 0.250. The average molecular weight is 531 g/mol. The summed E-state index contributed by atoms with van der Waals surface area (Å²) in [6, 6.07) is 11.7. The zero-order chi connectivity index (χ0) is 26.6. The summed E-state index contributed by atoms with van der Waals surface area (Å²) in [7, 11) is -2.29. The number of fused-ring (bicyclic) bond motifs is 3. The number of thioether (sulfide) groups is 1. The molecule has 13 heteroatoms. The maximum absolute atomic E-state index is 13.8. The van der Waals surface area contributed by atoms with E-state index in [9.17, 15) is 37.9 Å². The highest BCUT2D eigenvalue weighted by molar-refractivity contribution is 7.98. The average Bonchev–Trinajstić information content (AvgIpc) is 3.02. The van der Waals surface area contributed by atoms with Crippen LogP contribution in [-0.2, 0) is 5.75 Å². The minimum absolute atomic E-state index is 0.548. The number of nitrogens with zero attached hydrogens (tertiary/aromatic N) is 3. The van der Waals surface area contributed by atoms with E-state index in [0.29, 0.717) is 10.7 Å². The summed E-state index contributed by atoms with van der Waals surface area (Å²) in [5, 5.41) is 31.6. The third-order valence-electron chi connectivity index (χ3n) is 6.69. The van der Waals surface area contributed by atoms with E-state index < -0.39 is 60.3 Å². The quantitative estimate of drug-likeness (QED) is 0.444. The largest absolute Gasteiger partial charge is 0.503 e. The fourth-order valence-electron chi connectivity index (χ4n) is 4.71. The van der Waals surface area contributed by atoms with Crippen LogP contribution >= 0.6 is 11.8 Å². The van der Waals surface area contributed by atoms with Gasteiger partial charge in [-0.2, -0.15) is 13.2 Å². The van der Waals surface area contributed by atoms with E-state index in [1.165, 1.54) is 5.01 Å². The highest BCUT2D eigenvalue weighted by Gasteiger charge is 2.48. The molecule has 3 heterocycles. The first-order chi connectivity index (χ1) is 17.5. The first-order valence-electron chi connectivity index (χ1n) is 11.3. The highest BCUT2D eigenvalue weighted by atomic mass is 32.2. The normalized spacial score (nSPS) is 18.0. The number of hydrogen-bond donors (Lipinski definition) is 3. The molecule has 0 fully saturated rings. The number of halogens is 3. The van der Waals surface area contributed by atoms with Gasteiger partial charge in [-0.25, -0.2) is 0 Å². The molecule has 0 bridgehead atoms. The molecule has 0 radical (unpaired) electrons. The lowest BCUT2D eigenvalue weighted by atomic mass is 9.81. The number of alkyl halides is 3. The van der Waals surface area contributed by atoms with E-state index in [1.807, 2.05) is 36.4 Å². The Morgan fingerprint density at radius 1 is 1.05 bits per heavy atom. The molecule has 1 amide bonds. The lowest BCUT2D eigenvalue weighted by Crippen LogP contribution is -2.61. The molecule has 2 aliphatic rings. The number of hydrogen-bond acceptors (Lipinski definition) is 7. The van der Waals surface area contributed by atoms with Gasteiger partial charge in [-0.1, -0.05) is 42.5 Å². The molecular formula is C24H21BF3N3O5S. The van der Waals surface area contributed by atoms with Crippen molar-refractivity contribution in [2.24, 2.45) is 0 Å². The zero-order valence-electron chi connectivity index (χ0n) is 19.4. The maximum Gasteiger partial charge on any atom is 0.494 e. The van der Waals surface area contributed by atoms with Crippen molar-refractivity contribution in [3.8, 4) is 5.75 Å². The van der Waals surface area contributed by atoms with Crippen molar-refractivity contribution in [1.29, 1.82) is 0 Å². The van der Waals surface area contributed by atoms with E-state index in [-0.39, 0.29) is 0 Å². The Bertz CT molecular complexity index is 1400. The molecule has 0 saturated carbocycles. The van der Waals surface area contributed by atoms with Crippen LogP contribution in [0.25, 0.3) is 0 Å². The van der Waals surface area contributed by atoms with Crippen molar-refractivity contribution in [3.63, 3.8) is 0 Å². The molecular weight excluding hydrogens is 510 g/mol. The van der Waals surface area contributed by atoms with Crippen molar-refractivity contribution in [3.05, 3.63) is 87.3 Å². The molecule has 0 spiro atoms. The van der Waals surface area contributed by atoms with Crippen molar-refractivity contribution in [2.75, 3.05) is 11.7 Å². The molecule has 8 nitrogen and oxygen atoms in total. The predicted molar refractivity (Wildman–Crippen MR) is 131 cm³/mol. The van der Waals surface area contributed by atoms with Crippen molar-refractivity contribution >= 4 is 30.3 Å². The lowest BCUT2D eigenvalue weighted by molar-refractivity contribution is -0.173. The summed E-state index contributed by atoms with van der Waals surface area (Å²) < 4.78 is 42.6. The van der Waals surface area contributed by atoms with Gasteiger partial charge in [-0.05, 0) is 29.7 Å². The van der Waals surface area contributed by atoms with Crippen molar-refractivity contribution in [1.82, 2.24) is 9.58 Å². The van der Waals surface area contributed by atoms with Crippen LogP contribution in [0.3, 0.4) is 0 Å². The molecule has 2 aromatic carbocycles. The number of aromatic hydroxyl groups is 1. The van der Waals surface area contributed by atoms with Gasteiger partial charge in [0.15, 0.2) is 11.4 Å². The fourth-order valence-corrected chi connectivity index (χ4v) is 5.81. The number of carbonyl (C=O) groups is 1. The number of carbonyl (C=O) groups excluding carboxylic acids is 1. The summed E-state index contributed by atoms with van der Waals surface area (Å²) in [5.41, 5.74) is -0.168. The molecule has 1 aromatic heterocycles. The molecule has 2 atom stereocenters. The van der Waals surface area contributed by atoms with Gasteiger partial charge in [0.2, 0.25) is 5.43 Å². The molecule has 5 rings (SSSR count). The molecule has 3 aromatic rings. The molecule has 1 unspecified atom stereocenters. The molecule has 0 aliphatic carbocycles. The number of rotatable bonds is 3. The zero-order valence-corrected chi connectivity index (χ0v) is 20.2. The Balaban J connectivity index is 1.82. The summed E-state index contributed by atoms with van der Waals surface area (Å²) in [4.78, 5) is 27.3. The minimum atomic E-state index is -4.78. The SMILES string of the molecule is CC(N1CN([C@H]2c3ccccc3CSc3ccccc32)n2cc(B(O)O)c(=O)c(O)c2C1=O)C(F)(F)F. The van der Waals surface area contributed by atoms with Crippen molar-refractivity contribution < 1.29 is 33.1 Å². The molecule has 37 heavy (non-hydrogen) atoms. The van der Waals surface area contributed by atoms with Crippen molar-refractivity contribution in [2.45, 2.75) is 35.8 Å². The van der Waals surface area contributed by atoms with E-state index in [1.54, 1.807) is 23.9 Å². The second-order valence-corrected chi connectivity index (χ2v) is 9.85. The summed E-state index contributed by atoms with van der Waals surface area (Å²) >= 11 is 1.55. The maximum atomic E-state index is 13.8. The van der Waals surface area contributed by atoms with E-state index in [4.69, 9.17) is 0 Å². The van der Waals surface area contributed by atoms with Gasteiger partial charge in [0.1, 0.15) is 12.7 Å². The summed E-state index contributed by atoms with van der Waals surface area (Å²) in [5.74, 6) is -1.79. The Morgan fingerprint density at radius 2 is 1.70 bits per heavy atom. The number of amides is 1. The highest BCUT2D eigenvalue weighted by Crippen LogP contribution is 2.43. The second kappa shape index (κ2) is 9.16. The van der Waals surface area contributed by atoms with Crippen LogP contribution in [0.4, 0.5) is 13.2 Å². The van der Waals surface area contributed by atoms with E-state index in [2.05, 4.69) is 0 Å². The van der Waals surface area contributed by atoms with Crippen LogP contribution in [0.1, 0.15) is 40.1 Å². The summed E-state index contributed by atoms with van der Waals surface area (Å²) in [6.45, 7) is 0.269. The third-order valence-corrected chi connectivity index (χ3v) is 7.83.